The van der Waals surface area contributed by atoms with Gasteiger partial charge in [0, 0.05) is 0 Å². The molecule has 0 aromatic carbocycles. The summed E-state index contributed by atoms with van der Waals surface area (Å²) in [5.41, 5.74) is 6.05. The van der Waals surface area contributed by atoms with Crippen LogP contribution in [-0.2, 0) is 0 Å². The zero-order valence-corrected chi connectivity index (χ0v) is 7.43. The van der Waals surface area contributed by atoms with Gasteiger partial charge in [-0.3, -0.25) is 0 Å². The molecular weight excluding hydrogens is 158 g/mol. The van der Waals surface area contributed by atoms with Gasteiger partial charge in [-0.05, 0) is 13.2 Å². The van der Waals surface area contributed by atoms with Crippen molar-refractivity contribution in [2.45, 2.75) is 12.2 Å². The molecule has 1 heterocycles. The molecule has 0 saturated heterocycles. The van der Waals surface area contributed by atoms with Crippen LogP contribution in [0.4, 0.5) is 5.69 Å². The molecule has 0 fully saturated rings. The Kier molecular flexibility index (Phi) is 2.70. The molecule has 3 nitrogen and oxygen atoms in total. The Morgan fingerprint density at radius 2 is 2.00 bits per heavy atom. The monoisotopic (exact) mass is 169 g/mol. The molecule has 0 bridgehead atoms. The Balaban J connectivity index is 2.81. The van der Waals surface area contributed by atoms with Gasteiger partial charge in [0.05, 0.1) is 23.3 Å². The molecule has 60 valence electrons. The van der Waals surface area contributed by atoms with Gasteiger partial charge < -0.3 is 5.73 Å². The molecule has 1 atom stereocenters. The van der Waals surface area contributed by atoms with Gasteiger partial charge in [-0.15, -0.1) is 0 Å². The van der Waals surface area contributed by atoms with E-state index in [0.717, 1.165) is 5.82 Å². The summed E-state index contributed by atoms with van der Waals surface area (Å²) in [7, 11) is 0. The van der Waals surface area contributed by atoms with E-state index in [9.17, 15) is 0 Å². The SMILES string of the molecule is CSC(C)c1ncc(N)cn1. The molecule has 0 spiro atoms. The maximum atomic E-state index is 5.44. The minimum Gasteiger partial charge on any atom is -0.396 e. The van der Waals surface area contributed by atoms with E-state index in [2.05, 4.69) is 16.9 Å². The first-order chi connectivity index (χ1) is 5.24. The van der Waals surface area contributed by atoms with E-state index in [1.807, 2.05) is 6.26 Å². The molecular formula is C7H11N3S. The fourth-order valence-corrected chi connectivity index (χ4v) is 0.996. The third-order valence-electron chi connectivity index (χ3n) is 1.41. The Labute approximate surface area is 70.4 Å². The van der Waals surface area contributed by atoms with Crippen molar-refractivity contribution in [3.63, 3.8) is 0 Å². The van der Waals surface area contributed by atoms with E-state index >= 15 is 0 Å². The predicted octanol–water partition coefficient (Wildman–Crippen LogP) is 1.48. The number of nitrogens with two attached hydrogens (primary N) is 1. The molecule has 11 heavy (non-hydrogen) atoms. The van der Waals surface area contributed by atoms with Gasteiger partial charge in [-0.2, -0.15) is 11.8 Å². The van der Waals surface area contributed by atoms with Crippen molar-refractivity contribution in [2.24, 2.45) is 0 Å². The van der Waals surface area contributed by atoms with Crippen LogP contribution in [0, 0.1) is 0 Å². The van der Waals surface area contributed by atoms with Crippen LogP contribution in [0.2, 0.25) is 0 Å². The molecule has 0 radical (unpaired) electrons. The third kappa shape index (κ3) is 2.08. The Morgan fingerprint density at radius 3 is 2.45 bits per heavy atom. The summed E-state index contributed by atoms with van der Waals surface area (Å²) in [5, 5.41) is 0.343. The lowest BCUT2D eigenvalue weighted by Crippen LogP contribution is -1.97. The maximum Gasteiger partial charge on any atom is 0.141 e. The van der Waals surface area contributed by atoms with Crippen molar-refractivity contribution < 1.29 is 0 Å². The Bertz CT molecular complexity index is 222. The molecule has 1 aromatic rings. The molecule has 0 saturated carbocycles. The number of rotatable bonds is 2. The molecule has 1 rings (SSSR count). The lowest BCUT2D eigenvalue weighted by Gasteiger charge is -2.04. The highest BCUT2D eigenvalue weighted by atomic mass is 32.2. The highest BCUT2D eigenvalue weighted by molar-refractivity contribution is 7.98. The zero-order chi connectivity index (χ0) is 8.27. The van der Waals surface area contributed by atoms with Crippen molar-refractivity contribution in [1.82, 2.24) is 9.97 Å². The van der Waals surface area contributed by atoms with Gasteiger partial charge in [0.25, 0.3) is 0 Å². The second kappa shape index (κ2) is 3.57. The van der Waals surface area contributed by atoms with E-state index in [0.29, 0.717) is 10.9 Å². The minimum atomic E-state index is 0.343. The fourth-order valence-electron chi connectivity index (χ4n) is 0.663. The largest absolute Gasteiger partial charge is 0.396 e. The smallest absolute Gasteiger partial charge is 0.141 e. The molecule has 1 unspecified atom stereocenters. The standard InChI is InChI=1S/C7H11N3S/c1-5(11-2)7-9-3-6(8)4-10-7/h3-5H,8H2,1-2H3. The summed E-state index contributed by atoms with van der Waals surface area (Å²) in [6.45, 7) is 2.07. The Hall–Kier alpha value is -0.770. The van der Waals surface area contributed by atoms with Crippen LogP contribution in [0.25, 0.3) is 0 Å². The molecule has 0 aliphatic heterocycles. The van der Waals surface area contributed by atoms with Gasteiger partial charge >= 0.3 is 0 Å². The number of anilines is 1. The summed E-state index contributed by atoms with van der Waals surface area (Å²) in [6.07, 6.45) is 5.30. The normalized spacial score (nSPS) is 12.9. The van der Waals surface area contributed by atoms with E-state index in [-0.39, 0.29) is 0 Å². The molecule has 1 aromatic heterocycles. The van der Waals surface area contributed by atoms with Crippen LogP contribution >= 0.6 is 11.8 Å². The molecule has 4 heteroatoms. The van der Waals surface area contributed by atoms with E-state index in [1.165, 1.54) is 0 Å². The van der Waals surface area contributed by atoms with Crippen molar-refractivity contribution in [1.29, 1.82) is 0 Å². The summed E-state index contributed by atoms with van der Waals surface area (Å²) in [6, 6.07) is 0. The molecule has 0 amide bonds. The van der Waals surface area contributed by atoms with Crippen LogP contribution < -0.4 is 5.73 Å². The van der Waals surface area contributed by atoms with Gasteiger partial charge in [-0.1, -0.05) is 0 Å². The third-order valence-corrected chi connectivity index (χ3v) is 2.33. The van der Waals surface area contributed by atoms with Crippen LogP contribution in [0.5, 0.6) is 0 Å². The van der Waals surface area contributed by atoms with E-state index in [1.54, 1.807) is 24.2 Å². The number of hydrogen-bond donors (Lipinski definition) is 1. The Morgan fingerprint density at radius 1 is 1.45 bits per heavy atom. The topological polar surface area (TPSA) is 51.8 Å². The molecule has 0 aliphatic carbocycles. The van der Waals surface area contributed by atoms with Crippen LogP contribution in [-0.4, -0.2) is 16.2 Å². The van der Waals surface area contributed by atoms with Gasteiger partial charge in [0.15, 0.2) is 0 Å². The summed E-state index contributed by atoms with van der Waals surface area (Å²) >= 11 is 1.72. The number of hydrogen-bond acceptors (Lipinski definition) is 4. The lowest BCUT2D eigenvalue weighted by molar-refractivity contribution is 0.923. The maximum absolute atomic E-state index is 5.44. The highest BCUT2D eigenvalue weighted by Gasteiger charge is 2.04. The van der Waals surface area contributed by atoms with Gasteiger partial charge in [0.1, 0.15) is 5.82 Å². The highest BCUT2D eigenvalue weighted by Crippen LogP contribution is 2.21. The second-order valence-electron chi connectivity index (χ2n) is 2.25. The number of nitrogens with zero attached hydrogens (tertiary/aromatic N) is 2. The average Bonchev–Trinajstić information content (AvgIpc) is 2.05. The second-order valence-corrected chi connectivity index (χ2v) is 3.43. The predicted molar refractivity (Wildman–Crippen MR) is 48.4 cm³/mol. The van der Waals surface area contributed by atoms with Crippen LogP contribution in [0.1, 0.15) is 18.0 Å². The summed E-state index contributed by atoms with van der Waals surface area (Å²) in [4.78, 5) is 8.18. The minimum absolute atomic E-state index is 0.343. The van der Waals surface area contributed by atoms with E-state index < -0.39 is 0 Å². The van der Waals surface area contributed by atoms with Gasteiger partial charge in [-0.25, -0.2) is 9.97 Å². The van der Waals surface area contributed by atoms with Crippen molar-refractivity contribution in [3.8, 4) is 0 Å². The first-order valence-electron chi connectivity index (χ1n) is 3.34. The van der Waals surface area contributed by atoms with Crippen molar-refractivity contribution >= 4 is 17.4 Å². The van der Waals surface area contributed by atoms with Crippen LogP contribution in [0.3, 0.4) is 0 Å². The quantitative estimate of drug-likeness (QED) is 0.728. The fraction of sp³-hybridized carbons (Fsp3) is 0.429. The summed E-state index contributed by atoms with van der Waals surface area (Å²) < 4.78 is 0. The first-order valence-corrected chi connectivity index (χ1v) is 4.63. The number of thioether (sulfide) groups is 1. The van der Waals surface area contributed by atoms with Crippen molar-refractivity contribution in [2.75, 3.05) is 12.0 Å². The van der Waals surface area contributed by atoms with Gasteiger partial charge in [0.2, 0.25) is 0 Å². The average molecular weight is 169 g/mol. The van der Waals surface area contributed by atoms with E-state index in [4.69, 9.17) is 5.73 Å². The first kappa shape index (κ1) is 8.33. The molecule has 2 N–H and O–H groups in total. The zero-order valence-electron chi connectivity index (χ0n) is 6.61. The van der Waals surface area contributed by atoms with Crippen LogP contribution in [0.15, 0.2) is 12.4 Å². The number of nitrogen functional groups attached to an aromatic ring is 1. The molecule has 0 aliphatic rings. The number of aromatic nitrogens is 2. The van der Waals surface area contributed by atoms with Crippen molar-refractivity contribution in [3.05, 3.63) is 18.2 Å². The summed E-state index contributed by atoms with van der Waals surface area (Å²) in [5.74, 6) is 0.840. The lowest BCUT2D eigenvalue weighted by atomic mass is 10.4.